The van der Waals surface area contributed by atoms with Crippen LogP contribution in [0.3, 0.4) is 0 Å². The summed E-state index contributed by atoms with van der Waals surface area (Å²) in [5, 5.41) is 2.96. The normalized spacial score (nSPS) is 15.0. The fourth-order valence-electron chi connectivity index (χ4n) is 1.54. The smallest absolute Gasteiger partial charge is 0.327 e. The fraction of sp³-hybridized carbons (Fsp3) is 0.333. The minimum atomic E-state index is -0.500. The summed E-state index contributed by atoms with van der Waals surface area (Å²) < 4.78 is 0. The maximum Gasteiger partial charge on any atom is 0.327 e. The van der Waals surface area contributed by atoms with Gasteiger partial charge in [-0.05, 0) is 13.8 Å². The van der Waals surface area contributed by atoms with Crippen molar-refractivity contribution in [2.75, 3.05) is 17.3 Å². The Morgan fingerprint density at radius 2 is 1.80 bits per heavy atom. The molecule has 0 fully saturated rings. The van der Waals surface area contributed by atoms with Crippen molar-refractivity contribution in [1.29, 1.82) is 0 Å². The third-order valence-electron chi connectivity index (χ3n) is 2.62. The van der Waals surface area contributed by atoms with Crippen LogP contribution in [0.1, 0.15) is 13.8 Å². The number of aromatic nitrogens is 2. The molecule has 3 N–H and O–H groups in total. The third kappa shape index (κ3) is 1.34. The molecule has 1 aliphatic heterocycles. The van der Waals surface area contributed by atoms with Crippen molar-refractivity contribution in [2.24, 2.45) is 0 Å². The predicted molar refractivity (Wildman–Crippen MR) is 58.1 cm³/mol. The van der Waals surface area contributed by atoms with Gasteiger partial charge in [-0.3, -0.25) is 14.8 Å². The lowest BCUT2D eigenvalue weighted by atomic mass is 10.2. The Kier molecular flexibility index (Phi) is 1.92. The van der Waals surface area contributed by atoms with Crippen molar-refractivity contribution in [1.82, 2.24) is 9.97 Å². The molecule has 1 aromatic heterocycles. The van der Waals surface area contributed by atoms with E-state index in [1.165, 1.54) is 0 Å². The van der Waals surface area contributed by atoms with Gasteiger partial charge in [0, 0.05) is 18.4 Å². The van der Waals surface area contributed by atoms with Crippen LogP contribution < -0.4 is 21.5 Å². The first-order chi connectivity index (χ1) is 7.00. The number of nitrogens with one attached hydrogen (secondary N) is 3. The van der Waals surface area contributed by atoms with Crippen LogP contribution in [-0.4, -0.2) is 17.0 Å². The maximum atomic E-state index is 11.5. The Balaban J connectivity index is 2.73. The molecule has 0 saturated carbocycles. The highest BCUT2D eigenvalue weighted by Gasteiger charge is 2.20. The molecule has 0 aromatic carbocycles. The second-order valence-electron chi connectivity index (χ2n) is 3.53. The lowest BCUT2D eigenvalue weighted by Gasteiger charge is -2.28. The summed E-state index contributed by atoms with van der Waals surface area (Å²) in [6.45, 7) is 3.78. The minimum absolute atomic E-state index is 0.375. The molecule has 80 valence electrons. The van der Waals surface area contributed by atoms with Gasteiger partial charge in [0.15, 0.2) is 0 Å². The van der Waals surface area contributed by atoms with E-state index in [2.05, 4.69) is 15.3 Å². The van der Waals surface area contributed by atoms with Crippen LogP contribution in [0.2, 0.25) is 0 Å². The number of anilines is 2. The highest BCUT2D eigenvalue weighted by atomic mass is 16.2. The second-order valence-corrected chi connectivity index (χ2v) is 3.53. The highest BCUT2D eigenvalue weighted by Crippen LogP contribution is 2.27. The van der Waals surface area contributed by atoms with Gasteiger partial charge in [-0.2, -0.15) is 0 Å². The summed E-state index contributed by atoms with van der Waals surface area (Å²) >= 11 is 0. The Bertz CT molecular complexity index is 552. The van der Waals surface area contributed by atoms with Gasteiger partial charge >= 0.3 is 5.69 Å². The number of aromatic amines is 2. The molecule has 0 atom stereocenters. The van der Waals surface area contributed by atoms with Crippen LogP contribution in [0.4, 0.5) is 11.5 Å². The van der Waals surface area contributed by atoms with Crippen molar-refractivity contribution in [3.63, 3.8) is 0 Å². The monoisotopic (exact) mass is 208 g/mol. The molecule has 0 saturated heterocycles. The Morgan fingerprint density at radius 1 is 1.13 bits per heavy atom. The van der Waals surface area contributed by atoms with E-state index in [-0.39, 0.29) is 0 Å². The van der Waals surface area contributed by atoms with Gasteiger partial charge in [0.1, 0.15) is 11.5 Å². The number of hydrogen-bond acceptors (Lipinski definition) is 4. The Hall–Kier alpha value is -1.98. The van der Waals surface area contributed by atoms with Gasteiger partial charge in [0.05, 0.1) is 0 Å². The number of rotatable bonds is 0. The summed E-state index contributed by atoms with van der Waals surface area (Å²) in [5.41, 5.74) is 1.32. The largest absolute Gasteiger partial charge is 0.350 e. The van der Waals surface area contributed by atoms with E-state index in [0.717, 1.165) is 11.4 Å². The van der Waals surface area contributed by atoms with Crippen molar-refractivity contribution in [3.8, 4) is 0 Å². The van der Waals surface area contributed by atoms with E-state index in [0.29, 0.717) is 11.5 Å². The third-order valence-corrected chi connectivity index (χ3v) is 2.62. The van der Waals surface area contributed by atoms with Gasteiger partial charge in [0.2, 0.25) is 0 Å². The zero-order chi connectivity index (χ0) is 11.2. The lowest BCUT2D eigenvalue weighted by molar-refractivity contribution is 0.935. The number of fused-ring (bicyclic) bond motifs is 1. The topological polar surface area (TPSA) is 81.0 Å². The van der Waals surface area contributed by atoms with Crippen LogP contribution >= 0.6 is 0 Å². The van der Waals surface area contributed by atoms with Gasteiger partial charge in [-0.1, -0.05) is 0 Å². The summed E-state index contributed by atoms with van der Waals surface area (Å²) in [7, 11) is 1.80. The van der Waals surface area contributed by atoms with Gasteiger partial charge in [0.25, 0.3) is 5.56 Å². The standard InChI is InChI=1S/C9H12N4O2/c1-4-5(2)13(3)7-6(10-4)8(14)12-9(15)11-7/h10H,1-3H3,(H2,11,12,14,15). The fourth-order valence-corrected chi connectivity index (χ4v) is 1.54. The number of allylic oxidation sites excluding steroid dienone is 2. The van der Waals surface area contributed by atoms with E-state index in [1.54, 1.807) is 11.9 Å². The zero-order valence-corrected chi connectivity index (χ0v) is 8.76. The van der Waals surface area contributed by atoms with Crippen LogP contribution in [0.5, 0.6) is 0 Å². The van der Waals surface area contributed by atoms with Crippen LogP contribution in [0, 0.1) is 0 Å². The molecule has 6 heteroatoms. The molecule has 2 heterocycles. The molecule has 2 rings (SSSR count). The molecule has 0 amide bonds. The van der Waals surface area contributed by atoms with Gasteiger partial charge in [-0.25, -0.2) is 4.79 Å². The van der Waals surface area contributed by atoms with E-state index in [9.17, 15) is 9.59 Å². The summed E-state index contributed by atoms with van der Waals surface area (Å²) in [6.07, 6.45) is 0. The number of nitrogens with zero attached hydrogens (tertiary/aromatic N) is 1. The van der Waals surface area contributed by atoms with E-state index < -0.39 is 11.2 Å². The molecule has 0 aliphatic carbocycles. The molecule has 0 radical (unpaired) electrons. The second kappa shape index (κ2) is 3.01. The molecule has 0 bridgehead atoms. The lowest BCUT2D eigenvalue weighted by Crippen LogP contribution is -2.34. The molecular weight excluding hydrogens is 196 g/mol. The van der Waals surface area contributed by atoms with Crippen molar-refractivity contribution >= 4 is 11.5 Å². The van der Waals surface area contributed by atoms with Crippen LogP contribution in [0.15, 0.2) is 21.0 Å². The molecule has 0 spiro atoms. The molecule has 0 unspecified atom stereocenters. The van der Waals surface area contributed by atoms with E-state index in [4.69, 9.17) is 0 Å². The van der Waals surface area contributed by atoms with Crippen molar-refractivity contribution in [2.45, 2.75) is 13.8 Å². The first kappa shape index (κ1) is 9.57. The first-order valence-corrected chi connectivity index (χ1v) is 4.55. The maximum absolute atomic E-state index is 11.5. The molecule has 6 nitrogen and oxygen atoms in total. The first-order valence-electron chi connectivity index (χ1n) is 4.55. The van der Waals surface area contributed by atoms with Crippen LogP contribution in [-0.2, 0) is 0 Å². The average molecular weight is 208 g/mol. The van der Waals surface area contributed by atoms with E-state index >= 15 is 0 Å². The molecule has 15 heavy (non-hydrogen) atoms. The van der Waals surface area contributed by atoms with Gasteiger partial charge in [-0.15, -0.1) is 0 Å². The Morgan fingerprint density at radius 3 is 2.47 bits per heavy atom. The summed E-state index contributed by atoms with van der Waals surface area (Å²) in [5.74, 6) is 0.492. The molecule has 1 aliphatic rings. The summed E-state index contributed by atoms with van der Waals surface area (Å²) in [4.78, 5) is 29.1. The van der Waals surface area contributed by atoms with Gasteiger partial charge < -0.3 is 10.2 Å². The van der Waals surface area contributed by atoms with E-state index in [1.807, 2.05) is 13.8 Å². The van der Waals surface area contributed by atoms with Crippen molar-refractivity contribution < 1.29 is 0 Å². The highest BCUT2D eigenvalue weighted by molar-refractivity contribution is 5.72. The number of hydrogen-bond donors (Lipinski definition) is 3. The quantitative estimate of drug-likeness (QED) is 0.568. The SMILES string of the molecule is CC1=C(C)N(C)c2[nH]c(=O)[nH]c(=O)c2N1. The van der Waals surface area contributed by atoms with Crippen LogP contribution in [0.25, 0.3) is 0 Å². The molecule has 1 aromatic rings. The zero-order valence-electron chi connectivity index (χ0n) is 8.76. The number of H-pyrrole nitrogens is 2. The Labute approximate surface area is 85.6 Å². The van der Waals surface area contributed by atoms with Crippen molar-refractivity contribution in [3.05, 3.63) is 32.2 Å². The minimum Gasteiger partial charge on any atom is -0.350 e. The summed E-state index contributed by atoms with van der Waals surface area (Å²) in [6, 6.07) is 0. The molecular formula is C9H12N4O2. The predicted octanol–water partition coefficient (Wildman–Crippen LogP) is 0.176. The average Bonchev–Trinajstić information content (AvgIpc) is 2.17.